The highest BCUT2D eigenvalue weighted by atomic mass is 28.3. The van der Waals surface area contributed by atoms with Gasteiger partial charge in [0.1, 0.15) is 0 Å². The highest BCUT2D eigenvalue weighted by Gasteiger charge is 2.19. The molecule has 0 saturated heterocycles. The molecule has 0 saturated carbocycles. The zero-order valence-electron chi connectivity index (χ0n) is 14.7. The maximum atomic E-state index is 3.39. The normalized spacial score (nSPS) is 9.58. The van der Waals surface area contributed by atoms with Crippen LogP contribution in [0.5, 0.6) is 0 Å². The lowest BCUT2D eigenvalue weighted by Crippen LogP contribution is -2.25. The molecule has 26 heavy (non-hydrogen) atoms. The Bertz CT molecular complexity index is 893. The third-order valence-electron chi connectivity index (χ3n) is 3.69. The summed E-state index contributed by atoms with van der Waals surface area (Å²) in [5, 5.41) is 0. The van der Waals surface area contributed by atoms with E-state index in [4.69, 9.17) is 0 Å². The highest BCUT2D eigenvalue weighted by Crippen LogP contribution is 2.04. The van der Waals surface area contributed by atoms with Gasteiger partial charge in [0, 0.05) is 16.7 Å². The molecule has 0 aromatic heterocycles. The summed E-state index contributed by atoms with van der Waals surface area (Å²) < 4.78 is 0. The largest absolute Gasteiger partial charge is 0.289 e. The molecule has 3 aromatic carbocycles. The predicted molar refractivity (Wildman–Crippen MR) is 112 cm³/mol. The van der Waals surface area contributed by atoms with Crippen molar-refractivity contribution in [3.63, 3.8) is 0 Å². The number of hydrogen-bond donors (Lipinski definition) is 0. The van der Waals surface area contributed by atoms with E-state index in [0.29, 0.717) is 0 Å². The lowest BCUT2D eigenvalue weighted by Gasteiger charge is -2.04. The van der Waals surface area contributed by atoms with Gasteiger partial charge in [-0.25, -0.2) is 0 Å². The average molecular weight is 347 g/mol. The SMILES string of the molecule is C[Si](C#Cc1ccccc1)(C#Cc1ccccc1)C#Cc1ccccc1. The molecule has 0 aliphatic rings. The Labute approximate surface area is 156 Å². The Morgan fingerprint density at radius 1 is 0.462 bits per heavy atom. The molecule has 0 fully saturated rings. The van der Waals surface area contributed by atoms with Crippen LogP contribution < -0.4 is 0 Å². The van der Waals surface area contributed by atoms with Gasteiger partial charge in [0.05, 0.1) is 0 Å². The molecule has 0 amide bonds. The Hall–Kier alpha value is -3.44. The molecule has 1 heteroatoms. The molecule has 0 spiro atoms. The summed E-state index contributed by atoms with van der Waals surface area (Å²) in [5.41, 5.74) is 13.2. The summed E-state index contributed by atoms with van der Waals surface area (Å²) in [6.45, 7) is 2.11. The molecule has 3 rings (SSSR count). The molecule has 0 radical (unpaired) electrons. The second-order valence-electron chi connectivity index (χ2n) is 5.97. The van der Waals surface area contributed by atoms with Gasteiger partial charge in [0.2, 0.25) is 0 Å². The maximum absolute atomic E-state index is 3.39. The van der Waals surface area contributed by atoms with Gasteiger partial charge in [0.25, 0.3) is 8.07 Å². The molecule has 0 aliphatic carbocycles. The minimum atomic E-state index is -2.38. The van der Waals surface area contributed by atoms with Crippen LogP contribution >= 0.6 is 0 Å². The molecule has 0 heterocycles. The fourth-order valence-electron chi connectivity index (χ4n) is 2.25. The first-order valence-electron chi connectivity index (χ1n) is 8.48. The van der Waals surface area contributed by atoms with E-state index >= 15 is 0 Å². The van der Waals surface area contributed by atoms with E-state index in [1.54, 1.807) is 0 Å². The molecule has 0 nitrogen and oxygen atoms in total. The van der Waals surface area contributed by atoms with Crippen molar-refractivity contribution in [3.8, 4) is 34.4 Å². The zero-order valence-corrected chi connectivity index (χ0v) is 15.7. The topological polar surface area (TPSA) is 0 Å². The van der Waals surface area contributed by atoms with Crippen molar-refractivity contribution < 1.29 is 0 Å². The molecular formula is C25H18Si. The predicted octanol–water partition coefficient (Wildman–Crippen LogP) is 4.84. The van der Waals surface area contributed by atoms with Gasteiger partial charge in [-0.2, -0.15) is 0 Å². The minimum Gasteiger partial charge on any atom is -0.0955 e. The fraction of sp³-hybridized carbons (Fsp3) is 0.0400. The fourth-order valence-corrected chi connectivity index (χ4v) is 3.62. The monoisotopic (exact) mass is 346 g/mol. The molecule has 0 bridgehead atoms. The number of rotatable bonds is 0. The van der Waals surface area contributed by atoms with Gasteiger partial charge in [-0.15, -0.1) is 0 Å². The maximum Gasteiger partial charge on any atom is 0.289 e. The van der Waals surface area contributed by atoms with E-state index in [9.17, 15) is 0 Å². The van der Waals surface area contributed by atoms with Gasteiger partial charge in [0.15, 0.2) is 0 Å². The van der Waals surface area contributed by atoms with Gasteiger partial charge >= 0.3 is 0 Å². The summed E-state index contributed by atoms with van der Waals surface area (Å²) in [7, 11) is -2.38. The lowest BCUT2D eigenvalue weighted by molar-refractivity contribution is 1.65. The van der Waals surface area contributed by atoms with Crippen LogP contribution in [0.2, 0.25) is 6.55 Å². The van der Waals surface area contributed by atoms with E-state index in [-0.39, 0.29) is 0 Å². The van der Waals surface area contributed by atoms with E-state index < -0.39 is 8.07 Å². The minimum absolute atomic E-state index is 0.995. The standard InChI is InChI=1S/C25H18Si/c1-26(20-17-23-11-5-2-6-12-23,21-18-24-13-7-3-8-14-24)22-19-25-15-9-4-10-16-25/h2-16H,1H3. The third kappa shape index (κ3) is 5.29. The smallest absolute Gasteiger partial charge is 0.0955 e. The van der Waals surface area contributed by atoms with E-state index in [2.05, 4.69) is 40.9 Å². The van der Waals surface area contributed by atoms with E-state index in [1.165, 1.54) is 0 Å². The van der Waals surface area contributed by atoms with E-state index in [1.807, 2.05) is 91.0 Å². The van der Waals surface area contributed by atoms with Crippen LogP contribution in [0.1, 0.15) is 16.7 Å². The van der Waals surface area contributed by atoms with Crippen molar-refractivity contribution in [2.24, 2.45) is 0 Å². The van der Waals surface area contributed by atoms with Crippen molar-refractivity contribution in [2.75, 3.05) is 0 Å². The number of benzene rings is 3. The van der Waals surface area contributed by atoms with Gasteiger partial charge in [-0.1, -0.05) is 89.0 Å². The Kier molecular flexibility index (Phi) is 5.75. The quantitative estimate of drug-likeness (QED) is 0.404. The Morgan fingerprint density at radius 3 is 1.00 bits per heavy atom. The summed E-state index contributed by atoms with van der Waals surface area (Å²) in [6.07, 6.45) is 0. The summed E-state index contributed by atoms with van der Waals surface area (Å²) >= 11 is 0. The van der Waals surface area contributed by atoms with Crippen LogP contribution in [0.3, 0.4) is 0 Å². The zero-order chi connectivity index (χ0) is 18.1. The van der Waals surface area contributed by atoms with Crippen molar-refractivity contribution in [3.05, 3.63) is 108 Å². The molecule has 0 aliphatic heterocycles. The van der Waals surface area contributed by atoms with Gasteiger partial charge in [-0.3, -0.25) is 0 Å². The lowest BCUT2D eigenvalue weighted by atomic mass is 10.2. The molecular weight excluding hydrogens is 328 g/mol. The van der Waals surface area contributed by atoms with Crippen molar-refractivity contribution in [1.82, 2.24) is 0 Å². The summed E-state index contributed by atoms with van der Waals surface area (Å²) in [6, 6.07) is 30.0. The molecule has 0 N–H and O–H groups in total. The Balaban J connectivity index is 1.97. The number of hydrogen-bond acceptors (Lipinski definition) is 0. The van der Waals surface area contributed by atoms with Gasteiger partial charge < -0.3 is 0 Å². The van der Waals surface area contributed by atoms with Gasteiger partial charge in [-0.05, 0) is 42.9 Å². The molecule has 122 valence electrons. The second-order valence-corrected chi connectivity index (χ2v) is 8.97. The van der Waals surface area contributed by atoms with Crippen LogP contribution in [0.15, 0.2) is 91.0 Å². The van der Waals surface area contributed by atoms with Crippen LogP contribution in [0.4, 0.5) is 0 Å². The molecule has 0 atom stereocenters. The third-order valence-corrected chi connectivity index (χ3v) is 5.57. The second kappa shape index (κ2) is 8.59. The van der Waals surface area contributed by atoms with Crippen LogP contribution in [-0.2, 0) is 0 Å². The van der Waals surface area contributed by atoms with Crippen LogP contribution in [-0.4, -0.2) is 8.07 Å². The Morgan fingerprint density at radius 2 is 0.731 bits per heavy atom. The summed E-state index contributed by atoms with van der Waals surface area (Å²) in [4.78, 5) is 0. The highest BCUT2D eigenvalue weighted by molar-refractivity contribution is 6.99. The molecule has 0 unspecified atom stereocenters. The van der Waals surface area contributed by atoms with Crippen LogP contribution in [0.25, 0.3) is 0 Å². The summed E-state index contributed by atoms with van der Waals surface area (Å²) in [5.74, 6) is 9.79. The van der Waals surface area contributed by atoms with Crippen LogP contribution in [0, 0.1) is 34.4 Å². The first-order chi connectivity index (χ1) is 12.7. The first kappa shape index (κ1) is 17.4. The first-order valence-corrected chi connectivity index (χ1v) is 11.0. The van der Waals surface area contributed by atoms with Crippen molar-refractivity contribution >= 4 is 8.07 Å². The molecule has 3 aromatic rings. The average Bonchev–Trinajstić information content (AvgIpc) is 2.72. The van der Waals surface area contributed by atoms with Crippen molar-refractivity contribution in [2.45, 2.75) is 6.55 Å². The van der Waals surface area contributed by atoms with E-state index in [0.717, 1.165) is 16.7 Å². The van der Waals surface area contributed by atoms with Crippen molar-refractivity contribution in [1.29, 1.82) is 0 Å².